The standard InChI is InChI=1S/C17H14N2O11S3.3Na.3H/c18-9-1-2-12(15(5-9)33(28,29)30)17(21)19-13-6-10(31(22,23)24)3-8-4-11(32(25,26)27)7-14(20)16(8)13;;;;;;/h1-7,20H,18H2,(H,19,21)(H,22,23,24)(H,25,26,27)(H,28,29,30);;;;;;. The van der Waals surface area contributed by atoms with Gasteiger partial charge in [-0.3, -0.25) is 18.5 Å². The third-order valence-corrected chi connectivity index (χ3v) is 6.90. The number of carbonyl (C=O) groups is 1. The fourth-order valence-electron chi connectivity index (χ4n) is 2.96. The summed E-state index contributed by atoms with van der Waals surface area (Å²) in [4.78, 5) is 10.3. The first-order chi connectivity index (χ1) is 15.0. The summed E-state index contributed by atoms with van der Waals surface area (Å²) in [6.45, 7) is 0. The van der Waals surface area contributed by atoms with Crippen molar-refractivity contribution in [3.8, 4) is 5.75 Å². The van der Waals surface area contributed by atoms with E-state index in [1.165, 1.54) is 0 Å². The Morgan fingerprint density at radius 2 is 1.25 bits per heavy atom. The van der Waals surface area contributed by atoms with Crippen molar-refractivity contribution in [3.63, 3.8) is 0 Å². The Kier molecular flexibility index (Phi) is 12.6. The second-order valence-electron chi connectivity index (χ2n) is 6.65. The van der Waals surface area contributed by atoms with Gasteiger partial charge in [0.2, 0.25) is 0 Å². The Labute approximate surface area is 272 Å². The minimum atomic E-state index is -4.92. The molecule has 0 radical (unpaired) electrons. The number of benzene rings is 3. The zero-order valence-electron chi connectivity index (χ0n) is 16.0. The number of phenolic OH excluding ortho intramolecular Hbond substituents is 1. The Morgan fingerprint density at radius 1 is 0.750 bits per heavy atom. The molecule has 0 saturated carbocycles. The molecule has 3 aromatic rings. The molecule has 0 bridgehead atoms. The third-order valence-electron chi connectivity index (χ3n) is 4.35. The second kappa shape index (κ2) is 12.7. The molecule has 0 saturated heterocycles. The third kappa shape index (κ3) is 8.11. The van der Waals surface area contributed by atoms with Crippen LogP contribution in [-0.2, 0) is 30.4 Å². The minimum absolute atomic E-state index is 0. The zero-order valence-corrected chi connectivity index (χ0v) is 18.4. The van der Waals surface area contributed by atoms with Gasteiger partial charge in [0, 0.05) is 17.1 Å². The molecule has 0 aliphatic heterocycles. The van der Waals surface area contributed by atoms with Gasteiger partial charge in [-0.2, -0.15) is 25.3 Å². The van der Waals surface area contributed by atoms with Gasteiger partial charge in [0.1, 0.15) is 10.6 Å². The van der Waals surface area contributed by atoms with E-state index in [-0.39, 0.29) is 105 Å². The fraction of sp³-hybridized carbons (Fsp3) is 0. The average Bonchev–Trinajstić information content (AvgIpc) is 2.65. The summed E-state index contributed by atoms with van der Waals surface area (Å²) in [5.41, 5.74) is 4.29. The van der Waals surface area contributed by atoms with E-state index in [1.54, 1.807) is 0 Å². The van der Waals surface area contributed by atoms with Crippen LogP contribution in [0.3, 0.4) is 0 Å². The summed E-state index contributed by atoms with van der Waals surface area (Å²) in [5, 5.41) is 11.8. The quantitative estimate of drug-likeness (QED) is 0.121. The maximum absolute atomic E-state index is 12.8. The van der Waals surface area contributed by atoms with E-state index in [2.05, 4.69) is 5.32 Å². The van der Waals surface area contributed by atoms with Crippen LogP contribution >= 0.6 is 0 Å². The van der Waals surface area contributed by atoms with Crippen molar-refractivity contribution in [1.82, 2.24) is 0 Å². The fourth-order valence-corrected chi connectivity index (χ4v) is 4.77. The molecule has 3 rings (SSSR count). The molecule has 3 aromatic carbocycles. The molecule has 7 N–H and O–H groups in total. The number of nitrogen functional groups attached to an aromatic ring is 1. The second-order valence-corrected chi connectivity index (χ2v) is 10.9. The van der Waals surface area contributed by atoms with E-state index in [1.807, 2.05) is 0 Å². The molecule has 13 nitrogen and oxygen atoms in total. The number of rotatable bonds is 5. The number of nitrogens with two attached hydrogens (primary N) is 1. The predicted molar refractivity (Wildman–Crippen MR) is 135 cm³/mol. The van der Waals surface area contributed by atoms with Crippen LogP contribution in [0.4, 0.5) is 11.4 Å². The van der Waals surface area contributed by atoms with Crippen LogP contribution in [0.1, 0.15) is 10.4 Å². The molecule has 1 amide bonds. The number of anilines is 2. The van der Waals surface area contributed by atoms with Gasteiger partial charge in [-0.1, -0.05) is 0 Å². The number of carbonyl (C=O) groups excluding carboxylic acids is 1. The van der Waals surface area contributed by atoms with Crippen LogP contribution in [0.15, 0.2) is 57.2 Å². The number of aromatic hydroxyl groups is 1. The Balaban J connectivity index is 0.00000408. The van der Waals surface area contributed by atoms with Crippen molar-refractivity contribution < 1.29 is 48.8 Å². The topological polar surface area (TPSA) is 238 Å². The molecule has 19 heteroatoms. The van der Waals surface area contributed by atoms with Gasteiger partial charge in [0.05, 0.1) is 21.0 Å². The van der Waals surface area contributed by atoms with E-state index in [4.69, 9.17) is 5.73 Å². The zero-order chi connectivity index (χ0) is 24.9. The van der Waals surface area contributed by atoms with Crippen LogP contribution in [0.25, 0.3) is 10.8 Å². The summed E-state index contributed by atoms with van der Waals surface area (Å²) < 4.78 is 97.5. The Morgan fingerprint density at radius 3 is 1.72 bits per heavy atom. The first kappa shape index (κ1) is 35.7. The van der Waals surface area contributed by atoms with Crippen molar-refractivity contribution in [2.24, 2.45) is 0 Å². The monoisotopic (exact) mass is 590 g/mol. The van der Waals surface area contributed by atoms with Crippen molar-refractivity contribution in [2.75, 3.05) is 11.1 Å². The number of hydrogen-bond acceptors (Lipinski definition) is 9. The number of phenols is 1. The summed E-state index contributed by atoms with van der Waals surface area (Å²) in [5.74, 6) is -2.01. The van der Waals surface area contributed by atoms with Crippen molar-refractivity contribution >= 4 is 147 Å². The van der Waals surface area contributed by atoms with Gasteiger partial charge in [0.15, 0.2) is 0 Å². The van der Waals surface area contributed by atoms with E-state index < -0.39 is 67.9 Å². The van der Waals surface area contributed by atoms with Gasteiger partial charge < -0.3 is 16.2 Å². The molecule has 0 unspecified atom stereocenters. The van der Waals surface area contributed by atoms with Crippen LogP contribution in [0.2, 0.25) is 0 Å². The van der Waals surface area contributed by atoms with Crippen LogP contribution in [-0.4, -0.2) is 139 Å². The first-order valence-electron chi connectivity index (χ1n) is 8.42. The van der Waals surface area contributed by atoms with Crippen molar-refractivity contribution in [1.29, 1.82) is 0 Å². The molecule has 0 spiro atoms. The molecule has 0 fully saturated rings. The van der Waals surface area contributed by atoms with Crippen molar-refractivity contribution in [2.45, 2.75) is 14.7 Å². The Bertz CT molecular complexity index is 1650. The molecule has 0 aliphatic carbocycles. The predicted octanol–water partition coefficient (Wildman–Crippen LogP) is -0.826. The van der Waals surface area contributed by atoms with E-state index in [0.717, 1.165) is 30.3 Å². The molecule has 0 atom stereocenters. The molecule has 0 aromatic heterocycles. The summed E-state index contributed by atoms with van der Waals surface area (Å²) in [6, 6.07) is 5.76. The van der Waals surface area contributed by atoms with Crippen LogP contribution < -0.4 is 11.1 Å². The average molecular weight is 590 g/mol. The van der Waals surface area contributed by atoms with Gasteiger partial charge in [-0.25, -0.2) is 0 Å². The summed E-state index contributed by atoms with van der Waals surface area (Å²) >= 11 is 0. The molecule has 0 aliphatic rings. The Hall–Kier alpha value is -0.280. The van der Waals surface area contributed by atoms with Gasteiger partial charge in [0.25, 0.3) is 36.3 Å². The molecule has 0 heterocycles. The first-order valence-corrected chi connectivity index (χ1v) is 12.7. The van der Waals surface area contributed by atoms with E-state index in [0.29, 0.717) is 12.1 Å². The summed E-state index contributed by atoms with van der Waals surface area (Å²) in [7, 11) is -14.7. The van der Waals surface area contributed by atoms with Gasteiger partial charge in [-0.05, 0) is 41.8 Å². The van der Waals surface area contributed by atoms with Gasteiger partial charge >= 0.3 is 88.7 Å². The maximum atomic E-state index is 12.8. The number of amides is 1. The molecular weight excluding hydrogens is 573 g/mol. The van der Waals surface area contributed by atoms with Crippen LogP contribution in [0, 0.1) is 0 Å². The molecular formula is C17H17N2Na3O11S3. The van der Waals surface area contributed by atoms with Crippen LogP contribution in [0.5, 0.6) is 5.75 Å². The number of hydrogen-bond donors (Lipinski definition) is 6. The SMILES string of the molecule is Nc1ccc(C(=O)Nc2cc(S(=O)(=O)O)cc3cc(S(=O)(=O)O)cc(O)c23)c(S(=O)(=O)O)c1.[NaH].[NaH].[NaH]. The molecule has 36 heavy (non-hydrogen) atoms. The van der Waals surface area contributed by atoms with Crippen molar-refractivity contribution in [3.05, 3.63) is 48.0 Å². The number of nitrogens with one attached hydrogen (secondary N) is 1. The summed E-state index contributed by atoms with van der Waals surface area (Å²) in [6.07, 6.45) is 0. The molecule has 182 valence electrons. The van der Waals surface area contributed by atoms with E-state index in [9.17, 15) is 48.8 Å². The number of fused-ring (bicyclic) bond motifs is 1. The van der Waals surface area contributed by atoms with E-state index >= 15 is 0 Å². The normalized spacial score (nSPS) is 11.5. The van der Waals surface area contributed by atoms with Gasteiger partial charge in [-0.15, -0.1) is 0 Å².